The Bertz CT molecular complexity index is 927. The van der Waals surface area contributed by atoms with Gasteiger partial charge >= 0.3 is 13.0 Å². The summed E-state index contributed by atoms with van der Waals surface area (Å²) in [5.74, 6) is 0.490. The van der Waals surface area contributed by atoms with Gasteiger partial charge in [0.05, 0.1) is 27.2 Å². The first-order valence-corrected chi connectivity index (χ1v) is 12.8. The third kappa shape index (κ3) is 6.84. The van der Waals surface area contributed by atoms with Crippen molar-refractivity contribution < 1.29 is 26.8 Å². The molecule has 0 saturated heterocycles. The number of pyridine rings is 1. The minimum atomic E-state index is -4.56. The minimum absolute atomic E-state index is 0.0186. The molecule has 1 aromatic carbocycles. The quantitative estimate of drug-likeness (QED) is 0.333. The zero-order valence-corrected chi connectivity index (χ0v) is 19.7. The molecule has 0 aliphatic rings. The Balaban J connectivity index is 2.27. The summed E-state index contributed by atoms with van der Waals surface area (Å²) >= 11 is 19.4. The topological polar surface area (TPSA) is 60.5 Å². The highest BCUT2D eigenvalue weighted by Gasteiger charge is 2.32. The second kappa shape index (κ2) is 10.7. The summed E-state index contributed by atoms with van der Waals surface area (Å²) in [4.78, 5) is 3.69. The fourth-order valence-corrected chi connectivity index (χ4v) is 6.45. The molecule has 0 aliphatic carbocycles. The fraction of sp³-hybridized carbons (Fsp3) is 0.353. The van der Waals surface area contributed by atoms with E-state index in [1.807, 2.05) is 6.92 Å². The zero-order valence-electron chi connectivity index (χ0n) is 15.7. The van der Waals surface area contributed by atoms with Crippen LogP contribution in [0.5, 0.6) is 5.75 Å². The van der Waals surface area contributed by atoms with Crippen LogP contribution in [0.25, 0.3) is 0 Å². The number of hydrogen-bond acceptors (Lipinski definition) is 6. The summed E-state index contributed by atoms with van der Waals surface area (Å²) in [7, 11) is 0. The van der Waals surface area contributed by atoms with E-state index in [4.69, 9.17) is 43.9 Å². The Morgan fingerprint density at radius 2 is 1.77 bits per heavy atom. The number of halogens is 6. The first kappa shape index (κ1) is 25.4. The average molecular weight is 524 g/mol. The number of rotatable bonds is 9. The molecule has 2 aromatic rings. The lowest BCUT2D eigenvalue weighted by atomic mass is 10.2. The fourth-order valence-electron chi connectivity index (χ4n) is 2.10. The Labute approximate surface area is 190 Å². The second-order valence-electron chi connectivity index (χ2n) is 5.74. The zero-order chi connectivity index (χ0) is 22.5. The van der Waals surface area contributed by atoms with Crippen molar-refractivity contribution >= 4 is 64.5 Å². The third-order valence-corrected chi connectivity index (χ3v) is 8.15. The van der Waals surface area contributed by atoms with E-state index in [1.165, 1.54) is 12.1 Å². The number of hydrogen-bond donors (Lipinski definition) is 1. The minimum Gasteiger partial charge on any atom is -0.414 e. The summed E-state index contributed by atoms with van der Waals surface area (Å²) in [6.45, 7) is 0.233. The van der Waals surface area contributed by atoms with Crippen LogP contribution < -0.4 is 9.84 Å². The molecule has 1 unspecified atom stereocenters. The first-order chi connectivity index (χ1) is 14.0. The predicted molar refractivity (Wildman–Crippen MR) is 117 cm³/mol. The summed E-state index contributed by atoms with van der Waals surface area (Å²) in [5, 5.41) is 2.54. The van der Waals surface area contributed by atoms with Crippen LogP contribution in [0, 0.1) is 0 Å². The van der Waals surface area contributed by atoms with Crippen LogP contribution in [0.2, 0.25) is 15.1 Å². The highest BCUT2D eigenvalue weighted by molar-refractivity contribution is 8.55. The van der Waals surface area contributed by atoms with Crippen molar-refractivity contribution in [2.24, 2.45) is 0 Å². The number of benzene rings is 1. The molecule has 0 radical (unpaired) electrons. The van der Waals surface area contributed by atoms with Gasteiger partial charge in [-0.05, 0) is 42.9 Å². The van der Waals surface area contributed by atoms with E-state index in [-0.39, 0.29) is 33.2 Å². The van der Waals surface area contributed by atoms with Crippen LogP contribution in [-0.4, -0.2) is 17.3 Å². The molecule has 1 atom stereocenters. The van der Waals surface area contributed by atoms with Gasteiger partial charge in [-0.3, -0.25) is 4.52 Å². The molecular weight excluding hydrogens is 507 g/mol. The van der Waals surface area contributed by atoms with Gasteiger partial charge < -0.3 is 9.84 Å². The van der Waals surface area contributed by atoms with E-state index in [9.17, 15) is 17.7 Å². The molecule has 0 amide bonds. The third-order valence-electron chi connectivity index (χ3n) is 3.37. The average Bonchev–Trinajstić information content (AvgIpc) is 2.64. The lowest BCUT2D eigenvalue weighted by molar-refractivity contribution is -0.137. The van der Waals surface area contributed by atoms with Crippen LogP contribution in [0.4, 0.5) is 24.7 Å². The number of anilines is 2. The van der Waals surface area contributed by atoms with Crippen LogP contribution in [0.15, 0.2) is 24.4 Å². The monoisotopic (exact) mass is 522 g/mol. The van der Waals surface area contributed by atoms with E-state index in [1.54, 1.807) is 6.92 Å². The molecule has 0 bridgehead atoms. The molecule has 13 heteroatoms. The van der Waals surface area contributed by atoms with Gasteiger partial charge in [-0.25, -0.2) is 9.55 Å². The predicted octanol–water partition coefficient (Wildman–Crippen LogP) is 8.47. The Hall–Kier alpha value is -0.830. The largest absolute Gasteiger partial charge is 0.440 e. The van der Waals surface area contributed by atoms with Gasteiger partial charge in [0.15, 0.2) is 5.75 Å². The van der Waals surface area contributed by atoms with E-state index in [0.29, 0.717) is 17.6 Å². The summed E-state index contributed by atoms with van der Waals surface area (Å²) in [6.07, 6.45) is -3.15. The van der Waals surface area contributed by atoms with E-state index in [0.717, 1.165) is 23.9 Å². The molecule has 2 rings (SSSR count). The van der Waals surface area contributed by atoms with E-state index < -0.39 is 18.5 Å². The lowest BCUT2D eigenvalue weighted by Gasteiger charge is -2.19. The van der Waals surface area contributed by atoms with Crippen molar-refractivity contribution in [1.29, 1.82) is 0 Å². The number of alkyl halides is 3. The smallest absolute Gasteiger partial charge is 0.414 e. The van der Waals surface area contributed by atoms with Gasteiger partial charge in [0.2, 0.25) is 0 Å². The molecule has 1 aromatic heterocycles. The Morgan fingerprint density at radius 1 is 1.13 bits per heavy atom. The molecule has 0 spiro atoms. The van der Waals surface area contributed by atoms with Gasteiger partial charge in [0.1, 0.15) is 5.82 Å². The molecule has 1 N–H and O–H groups in total. The van der Waals surface area contributed by atoms with E-state index in [2.05, 4.69) is 10.3 Å². The van der Waals surface area contributed by atoms with Crippen molar-refractivity contribution in [3.63, 3.8) is 0 Å². The molecule has 0 saturated carbocycles. The SMILES string of the molecule is CCCSP(=O)(OCC)Oc1c(Cl)cc(Nc2ncc(C(F)(F)F)cc2Cl)cc1Cl. The van der Waals surface area contributed by atoms with E-state index >= 15 is 0 Å². The summed E-state index contributed by atoms with van der Waals surface area (Å²) in [6, 6.07) is 3.53. The van der Waals surface area contributed by atoms with Gasteiger partial charge in [0, 0.05) is 17.6 Å². The van der Waals surface area contributed by atoms with Crippen LogP contribution in [0.3, 0.4) is 0 Å². The number of nitrogens with zero attached hydrogens (tertiary/aromatic N) is 1. The highest BCUT2D eigenvalue weighted by Crippen LogP contribution is 2.62. The maximum Gasteiger partial charge on any atom is 0.440 e. The summed E-state index contributed by atoms with van der Waals surface area (Å²) < 4.78 is 61.9. The highest BCUT2D eigenvalue weighted by atomic mass is 35.5. The molecule has 0 fully saturated rings. The van der Waals surface area contributed by atoms with Crippen molar-refractivity contribution in [2.45, 2.75) is 26.4 Å². The molecule has 30 heavy (non-hydrogen) atoms. The van der Waals surface area contributed by atoms with Crippen molar-refractivity contribution in [1.82, 2.24) is 4.98 Å². The number of nitrogens with one attached hydrogen (secondary N) is 1. The molecule has 5 nitrogen and oxygen atoms in total. The Kier molecular flexibility index (Phi) is 9.04. The molecule has 166 valence electrons. The van der Waals surface area contributed by atoms with Gasteiger partial charge in [-0.1, -0.05) is 41.7 Å². The van der Waals surface area contributed by atoms with Gasteiger partial charge in [-0.15, -0.1) is 0 Å². The maximum absolute atomic E-state index is 12.8. The maximum atomic E-state index is 12.8. The van der Waals surface area contributed by atoms with Crippen LogP contribution in [-0.2, 0) is 15.3 Å². The Morgan fingerprint density at radius 3 is 2.27 bits per heavy atom. The van der Waals surface area contributed by atoms with Crippen molar-refractivity contribution in [3.05, 3.63) is 45.0 Å². The van der Waals surface area contributed by atoms with Crippen LogP contribution in [0.1, 0.15) is 25.8 Å². The molecular formula is C17H17Cl3F3N2O3PS. The molecule has 0 aliphatic heterocycles. The summed E-state index contributed by atoms with van der Waals surface area (Å²) in [5.41, 5.74) is -0.687. The van der Waals surface area contributed by atoms with Gasteiger partial charge in [0.25, 0.3) is 0 Å². The first-order valence-electron chi connectivity index (χ1n) is 8.56. The number of aromatic nitrogens is 1. The second-order valence-corrected chi connectivity index (χ2v) is 11.1. The normalized spacial score (nSPS) is 13.7. The van der Waals surface area contributed by atoms with Crippen molar-refractivity contribution in [2.75, 3.05) is 17.7 Å². The lowest BCUT2D eigenvalue weighted by Crippen LogP contribution is -2.06. The van der Waals surface area contributed by atoms with Crippen LogP contribution >= 0.6 is 53.0 Å². The van der Waals surface area contributed by atoms with Gasteiger partial charge in [-0.2, -0.15) is 13.2 Å². The van der Waals surface area contributed by atoms with Crippen molar-refractivity contribution in [3.8, 4) is 5.75 Å². The standard InChI is InChI=1S/C17H17Cl3F3N2O3PS/c1-3-5-30-29(26,27-4-2)28-15-12(18)7-11(8-13(15)19)25-16-14(20)6-10(9-24-16)17(21,22)23/h6-9H,3-5H2,1-2H3,(H,24,25). The molecule has 1 heterocycles.